The number of nitrogens with zero attached hydrogens (tertiary/aromatic N) is 3. The molecule has 2 aromatic carbocycles. The molecule has 0 spiro atoms. The molecule has 0 aliphatic rings. The lowest BCUT2D eigenvalue weighted by Gasteiger charge is -2.10. The lowest BCUT2D eigenvalue weighted by Crippen LogP contribution is -2.16. The first-order valence-corrected chi connectivity index (χ1v) is 9.97. The standard InChI is InChI=1S/C22H19N5OS/c1-14-8-6-7-11-18(14)25-20(28)17-12-23-21(24-15(17)2)27-22-26-19(13-29-22)16-9-4-3-5-10-16/h3-13H,1-2H3,(H,25,28)(H,23,24,26,27). The highest BCUT2D eigenvalue weighted by Gasteiger charge is 2.14. The summed E-state index contributed by atoms with van der Waals surface area (Å²) in [5.74, 6) is 0.174. The Morgan fingerprint density at radius 1 is 0.966 bits per heavy atom. The molecule has 0 saturated carbocycles. The van der Waals surface area contributed by atoms with Gasteiger partial charge in [0.1, 0.15) is 0 Å². The van der Waals surface area contributed by atoms with Crippen LogP contribution in [0.2, 0.25) is 0 Å². The van der Waals surface area contributed by atoms with Crippen LogP contribution in [0, 0.1) is 13.8 Å². The zero-order chi connectivity index (χ0) is 20.2. The van der Waals surface area contributed by atoms with E-state index in [1.165, 1.54) is 17.5 Å². The second-order valence-corrected chi connectivity index (χ2v) is 7.35. The van der Waals surface area contributed by atoms with E-state index < -0.39 is 0 Å². The minimum absolute atomic E-state index is 0.232. The normalized spacial score (nSPS) is 10.6. The molecule has 6 nitrogen and oxygen atoms in total. The minimum Gasteiger partial charge on any atom is -0.322 e. The lowest BCUT2D eigenvalue weighted by molar-refractivity contribution is 0.102. The average Bonchev–Trinajstić information content (AvgIpc) is 3.19. The van der Waals surface area contributed by atoms with E-state index in [2.05, 4.69) is 25.6 Å². The maximum Gasteiger partial charge on any atom is 0.259 e. The van der Waals surface area contributed by atoms with E-state index in [1.54, 1.807) is 6.92 Å². The van der Waals surface area contributed by atoms with Gasteiger partial charge >= 0.3 is 0 Å². The van der Waals surface area contributed by atoms with Crippen LogP contribution in [0.4, 0.5) is 16.8 Å². The molecule has 2 heterocycles. The van der Waals surface area contributed by atoms with E-state index in [0.717, 1.165) is 22.5 Å². The van der Waals surface area contributed by atoms with Crippen molar-refractivity contribution in [1.82, 2.24) is 15.0 Å². The van der Waals surface area contributed by atoms with Crippen LogP contribution in [0.1, 0.15) is 21.6 Å². The molecule has 144 valence electrons. The number of carbonyl (C=O) groups excluding carboxylic acids is 1. The van der Waals surface area contributed by atoms with E-state index in [1.807, 2.05) is 66.9 Å². The average molecular weight is 401 g/mol. The van der Waals surface area contributed by atoms with Gasteiger partial charge in [-0.3, -0.25) is 4.79 Å². The Hall–Kier alpha value is -3.58. The number of para-hydroxylation sites is 1. The quantitative estimate of drug-likeness (QED) is 0.480. The molecule has 0 fully saturated rings. The summed E-state index contributed by atoms with van der Waals surface area (Å²) in [6, 6.07) is 17.6. The summed E-state index contributed by atoms with van der Waals surface area (Å²) in [6.45, 7) is 3.74. The maximum absolute atomic E-state index is 12.6. The molecule has 2 N–H and O–H groups in total. The summed E-state index contributed by atoms with van der Waals surface area (Å²) in [6.07, 6.45) is 1.53. The summed E-state index contributed by atoms with van der Waals surface area (Å²) >= 11 is 1.48. The number of carbonyl (C=O) groups is 1. The van der Waals surface area contributed by atoms with Crippen LogP contribution in [0.15, 0.2) is 66.2 Å². The summed E-state index contributed by atoms with van der Waals surface area (Å²) in [5.41, 5.74) is 4.74. The van der Waals surface area contributed by atoms with Crippen molar-refractivity contribution in [3.05, 3.63) is 83.0 Å². The summed E-state index contributed by atoms with van der Waals surface area (Å²) in [4.78, 5) is 25.9. The fourth-order valence-corrected chi connectivity index (χ4v) is 3.53. The largest absolute Gasteiger partial charge is 0.322 e. The Bertz CT molecular complexity index is 1160. The van der Waals surface area contributed by atoms with Gasteiger partial charge in [-0.15, -0.1) is 11.3 Å². The molecule has 7 heteroatoms. The van der Waals surface area contributed by atoms with Crippen molar-refractivity contribution in [2.45, 2.75) is 13.8 Å². The van der Waals surface area contributed by atoms with Crippen LogP contribution in [0.25, 0.3) is 11.3 Å². The number of hydrogen-bond donors (Lipinski definition) is 2. The molecule has 29 heavy (non-hydrogen) atoms. The molecular weight excluding hydrogens is 382 g/mol. The minimum atomic E-state index is -0.232. The second-order valence-electron chi connectivity index (χ2n) is 6.49. The van der Waals surface area contributed by atoms with Crippen molar-refractivity contribution < 1.29 is 4.79 Å². The van der Waals surface area contributed by atoms with Crippen LogP contribution < -0.4 is 10.6 Å². The third-order valence-electron chi connectivity index (χ3n) is 4.41. The van der Waals surface area contributed by atoms with Gasteiger partial charge in [0.15, 0.2) is 5.13 Å². The predicted molar refractivity (Wildman–Crippen MR) is 117 cm³/mol. The van der Waals surface area contributed by atoms with Gasteiger partial charge in [-0.2, -0.15) is 0 Å². The van der Waals surface area contributed by atoms with E-state index in [9.17, 15) is 4.79 Å². The zero-order valence-corrected chi connectivity index (χ0v) is 16.8. The molecule has 0 aliphatic heterocycles. The molecular formula is C22H19N5OS. The number of aryl methyl sites for hydroxylation is 2. The number of benzene rings is 2. The Labute approximate surface area is 172 Å². The van der Waals surface area contributed by atoms with Crippen molar-refractivity contribution in [2.24, 2.45) is 0 Å². The highest BCUT2D eigenvalue weighted by atomic mass is 32.1. The van der Waals surface area contributed by atoms with E-state index >= 15 is 0 Å². The molecule has 0 radical (unpaired) electrons. The molecule has 0 atom stereocenters. The van der Waals surface area contributed by atoms with Crippen LogP contribution >= 0.6 is 11.3 Å². The molecule has 2 aromatic heterocycles. The van der Waals surface area contributed by atoms with E-state index in [0.29, 0.717) is 22.3 Å². The number of hydrogen-bond acceptors (Lipinski definition) is 6. The molecule has 4 aromatic rings. The zero-order valence-electron chi connectivity index (χ0n) is 16.0. The first-order valence-electron chi connectivity index (χ1n) is 9.09. The van der Waals surface area contributed by atoms with E-state index in [-0.39, 0.29) is 5.91 Å². The van der Waals surface area contributed by atoms with Crippen molar-refractivity contribution in [1.29, 1.82) is 0 Å². The van der Waals surface area contributed by atoms with Gasteiger partial charge in [0, 0.05) is 22.8 Å². The SMILES string of the molecule is Cc1ccccc1NC(=O)c1cnc(Nc2nc(-c3ccccc3)cs2)nc1C. The smallest absolute Gasteiger partial charge is 0.259 e. The number of amides is 1. The molecule has 4 rings (SSSR count). The molecule has 0 unspecified atom stereocenters. The number of anilines is 3. The van der Waals surface area contributed by atoms with Crippen LogP contribution in [0.3, 0.4) is 0 Å². The molecule has 0 bridgehead atoms. The fourth-order valence-electron chi connectivity index (χ4n) is 2.82. The first-order chi connectivity index (χ1) is 14.1. The van der Waals surface area contributed by atoms with Gasteiger partial charge in [0.25, 0.3) is 5.91 Å². The van der Waals surface area contributed by atoms with Crippen molar-refractivity contribution in [2.75, 3.05) is 10.6 Å². The van der Waals surface area contributed by atoms with Crippen LogP contribution in [-0.2, 0) is 0 Å². The maximum atomic E-state index is 12.6. The number of thiazole rings is 1. The van der Waals surface area contributed by atoms with Crippen LogP contribution in [0.5, 0.6) is 0 Å². The van der Waals surface area contributed by atoms with Gasteiger partial charge in [-0.05, 0) is 25.5 Å². The van der Waals surface area contributed by atoms with Gasteiger partial charge in [0.05, 0.1) is 17.0 Å². The topological polar surface area (TPSA) is 79.8 Å². The third kappa shape index (κ3) is 4.30. The lowest BCUT2D eigenvalue weighted by atomic mass is 10.2. The Morgan fingerprint density at radius 3 is 2.48 bits per heavy atom. The Morgan fingerprint density at radius 2 is 1.72 bits per heavy atom. The van der Waals surface area contributed by atoms with Gasteiger partial charge in [-0.1, -0.05) is 48.5 Å². The first kappa shape index (κ1) is 18.8. The van der Waals surface area contributed by atoms with Gasteiger partial charge < -0.3 is 10.6 Å². The highest BCUT2D eigenvalue weighted by molar-refractivity contribution is 7.14. The summed E-state index contributed by atoms with van der Waals surface area (Å²) in [5, 5.41) is 8.70. The van der Waals surface area contributed by atoms with Gasteiger partial charge in [0.2, 0.25) is 5.95 Å². The monoisotopic (exact) mass is 401 g/mol. The molecule has 1 amide bonds. The number of rotatable bonds is 5. The second kappa shape index (κ2) is 8.20. The van der Waals surface area contributed by atoms with Crippen LogP contribution in [-0.4, -0.2) is 20.9 Å². The summed E-state index contributed by atoms with van der Waals surface area (Å²) in [7, 11) is 0. The molecule has 0 saturated heterocycles. The number of nitrogens with one attached hydrogen (secondary N) is 2. The Balaban J connectivity index is 1.48. The predicted octanol–water partition coefficient (Wildman–Crippen LogP) is 5.21. The number of aromatic nitrogens is 3. The van der Waals surface area contributed by atoms with Crippen molar-refractivity contribution in [3.8, 4) is 11.3 Å². The third-order valence-corrected chi connectivity index (χ3v) is 5.17. The van der Waals surface area contributed by atoms with Gasteiger partial charge in [-0.25, -0.2) is 15.0 Å². The molecule has 0 aliphatic carbocycles. The summed E-state index contributed by atoms with van der Waals surface area (Å²) < 4.78 is 0. The Kier molecular flexibility index (Phi) is 5.31. The highest BCUT2D eigenvalue weighted by Crippen LogP contribution is 2.26. The van der Waals surface area contributed by atoms with Crippen molar-refractivity contribution in [3.63, 3.8) is 0 Å². The van der Waals surface area contributed by atoms with Crippen molar-refractivity contribution >= 4 is 34.0 Å². The fraction of sp³-hybridized carbons (Fsp3) is 0.0909. The van der Waals surface area contributed by atoms with E-state index in [4.69, 9.17) is 0 Å².